The van der Waals surface area contributed by atoms with Gasteiger partial charge in [0.1, 0.15) is 0 Å². The molecule has 25 heavy (non-hydrogen) atoms. The van der Waals surface area contributed by atoms with E-state index < -0.39 is 36.6 Å². The summed E-state index contributed by atoms with van der Waals surface area (Å²) in [6, 6.07) is 4.19. The molecule has 1 heterocycles. The highest BCUT2D eigenvalue weighted by Crippen LogP contribution is 2.41. The molecular formula is C12H10Cl3FN3O5P. The third-order valence-electron chi connectivity index (χ3n) is 2.84. The highest BCUT2D eigenvalue weighted by atomic mass is 35.5. The van der Waals surface area contributed by atoms with E-state index in [2.05, 4.69) is 14.9 Å². The molecule has 0 fully saturated rings. The third kappa shape index (κ3) is 4.92. The molecule has 136 valence electrons. The van der Waals surface area contributed by atoms with E-state index in [4.69, 9.17) is 44.6 Å². The highest BCUT2D eigenvalue weighted by molar-refractivity contribution is 7.46. The maximum atomic E-state index is 14.2. The molecule has 1 amide bonds. The third-order valence-corrected chi connectivity index (χ3v) is 4.21. The first-order valence-corrected chi connectivity index (χ1v) is 9.10. The van der Waals surface area contributed by atoms with Crippen LogP contribution in [0.2, 0.25) is 15.2 Å². The number of phosphoric acid groups is 1. The summed E-state index contributed by atoms with van der Waals surface area (Å²) in [5, 5.41) is 5.59. The Morgan fingerprint density at radius 1 is 1.40 bits per heavy atom. The summed E-state index contributed by atoms with van der Waals surface area (Å²) in [7, 11) is -4.92. The Labute approximate surface area is 155 Å². The zero-order chi connectivity index (χ0) is 18.9. The van der Waals surface area contributed by atoms with Gasteiger partial charge < -0.3 is 15.1 Å². The van der Waals surface area contributed by atoms with Gasteiger partial charge >= 0.3 is 7.82 Å². The second kappa shape index (κ2) is 7.59. The molecule has 0 radical (unpaired) electrons. The van der Waals surface area contributed by atoms with Crippen LogP contribution in [-0.2, 0) is 9.09 Å². The van der Waals surface area contributed by atoms with Crippen LogP contribution in [0.15, 0.2) is 18.2 Å². The van der Waals surface area contributed by atoms with Gasteiger partial charge in [-0.2, -0.15) is 5.10 Å². The lowest BCUT2D eigenvalue weighted by atomic mass is 10.3. The minimum absolute atomic E-state index is 0.0953. The monoisotopic (exact) mass is 431 g/mol. The summed E-state index contributed by atoms with van der Waals surface area (Å²) in [5.74, 6) is -2.20. The second-order valence-corrected chi connectivity index (χ2v) is 7.07. The molecule has 2 aromatic rings. The highest BCUT2D eigenvalue weighted by Gasteiger charge is 2.29. The van der Waals surface area contributed by atoms with Crippen molar-refractivity contribution in [1.29, 1.82) is 0 Å². The number of halogens is 4. The summed E-state index contributed by atoms with van der Waals surface area (Å²) in [6.07, 6.45) is -1.48. The topological polar surface area (TPSA) is 114 Å². The molecule has 0 bridgehead atoms. The molecule has 2 rings (SSSR count). The van der Waals surface area contributed by atoms with Crippen LogP contribution in [0.25, 0.3) is 0 Å². The van der Waals surface area contributed by atoms with Gasteiger partial charge in [0, 0.05) is 5.02 Å². The largest absolute Gasteiger partial charge is 0.471 e. The van der Waals surface area contributed by atoms with Gasteiger partial charge in [0.2, 0.25) is 0 Å². The number of carbonyl (C=O) groups excluding carboxylic acids is 1. The fourth-order valence-corrected chi connectivity index (χ4v) is 2.98. The molecular weight excluding hydrogens is 422 g/mol. The van der Waals surface area contributed by atoms with Crippen molar-refractivity contribution in [2.75, 3.05) is 5.32 Å². The van der Waals surface area contributed by atoms with Crippen molar-refractivity contribution in [2.24, 2.45) is 0 Å². The number of nitrogens with one attached hydrogen (secondary N) is 1. The normalized spacial score (nSPS) is 12.9. The van der Waals surface area contributed by atoms with Crippen molar-refractivity contribution in [3.05, 3.63) is 44.9 Å². The van der Waals surface area contributed by atoms with Crippen LogP contribution in [0.3, 0.4) is 0 Å². The lowest BCUT2D eigenvalue weighted by Crippen LogP contribution is -2.22. The molecule has 0 aliphatic carbocycles. The van der Waals surface area contributed by atoms with Crippen molar-refractivity contribution in [1.82, 2.24) is 9.78 Å². The summed E-state index contributed by atoms with van der Waals surface area (Å²) >= 11 is 17.2. The molecule has 1 aromatic heterocycles. The fourth-order valence-electron chi connectivity index (χ4n) is 1.87. The molecule has 1 unspecified atom stereocenters. The van der Waals surface area contributed by atoms with E-state index in [9.17, 15) is 13.8 Å². The van der Waals surface area contributed by atoms with Crippen LogP contribution >= 0.6 is 42.6 Å². The number of benzene rings is 1. The Bertz CT molecular complexity index is 872. The molecule has 0 spiro atoms. The Morgan fingerprint density at radius 2 is 2.04 bits per heavy atom. The Morgan fingerprint density at radius 3 is 2.60 bits per heavy atom. The lowest BCUT2D eigenvalue weighted by Gasteiger charge is -2.16. The zero-order valence-corrected chi connectivity index (χ0v) is 15.4. The van der Waals surface area contributed by atoms with E-state index in [1.807, 2.05) is 0 Å². The molecule has 3 N–H and O–H groups in total. The summed E-state index contributed by atoms with van der Waals surface area (Å²) in [5.41, 5.74) is -0.570. The van der Waals surface area contributed by atoms with E-state index in [1.165, 1.54) is 18.2 Å². The Hall–Kier alpha value is -1.19. The van der Waals surface area contributed by atoms with Crippen LogP contribution < -0.4 is 5.32 Å². The molecule has 0 saturated heterocycles. The minimum atomic E-state index is -4.92. The van der Waals surface area contributed by atoms with Crippen molar-refractivity contribution in [2.45, 2.75) is 13.2 Å². The maximum Gasteiger partial charge on any atom is 0.471 e. The maximum absolute atomic E-state index is 14.2. The first kappa shape index (κ1) is 20.1. The minimum Gasteiger partial charge on any atom is -0.319 e. The van der Waals surface area contributed by atoms with Crippen molar-refractivity contribution < 1.29 is 28.1 Å². The standard InChI is InChI=1S/C12H10Cl3FN3O5P/c1-5(24-25(21,22)23)19-10(9(16)11(15)18-19)12(20)17-8-3-2-6(13)4-7(8)14/h2-5H,1H3,(H,17,20)(H2,21,22,23). The Kier molecular flexibility index (Phi) is 6.11. The average molecular weight is 433 g/mol. The van der Waals surface area contributed by atoms with Gasteiger partial charge in [-0.1, -0.05) is 34.8 Å². The zero-order valence-electron chi connectivity index (χ0n) is 12.3. The molecule has 8 nitrogen and oxygen atoms in total. The molecule has 0 aliphatic heterocycles. The number of amides is 1. The summed E-state index contributed by atoms with van der Waals surface area (Å²) in [6.45, 7) is 1.15. The number of nitrogens with zero attached hydrogens (tertiary/aromatic N) is 2. The summed E-state index contributed by atoms with van der Waals surface area (Å²) in [4.78, 5) is 30.1. The fraction of sp³-hybridized carbons (Fsp3) is 0.167. The number of hydrogen-bond acceptors (Lipinski definition) is 4. The van der Waals surface area contributed by atoms with Gasteiger partial charge in [0.25, 0.3) is 5.91 Å². The molecule has 0 saturated carbocycles. The van der Waals surface area contributed by atoms with E-state index in [1.54, 1.807) is 0 Å². The molecule has 1 atom stereocenters. The van der Waals surface area contributed by atoms with Gasteiger partial charge in [-0.05, 0) is 25.1 Å². The average Bonchev–Trinajstić information content (AvgIpc) is 2.76. The van der Waals surface area contributed by atoms with E-state index in [0.717, 1.165) is 6.92 Å². The first-order valence-electron chi connectivity index (χ1n) is 6.43. The first-order chi connectivity index (χ1) is 11.5. The van der Waals surface area contributed by atoms with Gasteiger partial charge in [0.05, 0.1) is 10.7 Å². The van der Waals surface area contributed by atoms with Crippen molar-refractivity contribution in [3.8, 4) is 0 Å². The number of anilines is 1. The number of carbonyl (C=O) groups is 1. The molecule has 1 aromatic carbocycles. The van der Waals surface area contributed by atoms with Gasteiger partial charge in [-0.15, -0.1) is 0 Å². The van der Waals surface area contributed by atoms with Crippen molar-refractivity contribution in [3.63, 3.8) is 0 Å². The quantitative estimate of drug-likeness (QED) is 0.618. The van der Waals surface area contributed by atoms with E-state index in [-0.39, 0.29) is 10.7 Å². The Balaban J connectivity index is 2.37. The lowest BCUT2D eigenvalue weighted by molar-refractivity contribution is 0.0798. The van der Waals surface area contributed by atoms with Crippen LogP contribution in [0, 0.1) is 5.82 Å². The van der Waals surface area contributed by atoms with Crippen LogP contribution in [0.4, 0.5) is 10.1 Å². The second-order valence-electron chi connectivity index (χ2n) is 4.67. The summed E-state index contributed by atoms with van der Waals surface area (Å²) < 4.78 is 30.1. The van der Waals surface area contributed by atoms with Crippen LogP contribution in [0.5, 0.6) is 0 Å². The number of phosphoric ester groups is 1. The van der Waals surface area contributed by atoms with E-state index in [0.29, 0.717) is 9.70 Å². The number of aromatic nitrogens is 2. The SMILES string of the molecule is CC(OP(=O)(O)O)n1nc(Cl)c(F)c1C(=O)Nc1ccc(Cl)cc1Cl. The molecule has 13 heteroatoms. The van der Waals surface area contributed by atoms with E-state index >= 15 is 0 Å². The van der Waals surface area contributed by atoms with Crippen LogP contribution in [0.1, 0.15) is 23.6 Å². The molecule has 0 aliphatic rings. The van der Waals surface area contributed by atoms with Crippen LogP contribution in [-0.4, -0.2) is 25.5 Å². The predicted octanol–water partition coefficient (Wildman–Crippen LogP) is 3.86. The van der Waals surface area contributed by atoms with Gasteiger partial charge in [-0.25, -0.2) is 13.6 Å². The number of hydrogen-bond donors (Lipinski definition) is 3. The van der Waals surface area contributed by atoms with Gasteiger partial charge in [-0.3, -0.25) is 9.32 Å². The smallest absolute Gasteiger partial charge is 0.319 e. The van der Waals surface area contributed by atoms with Crippen molar-refractivity contribution >= 4 is 54.2 Å². The predicted molar refractivity (Wildman–Crippen MR) is 89.5 cm³/mol. The van der Waals surface area contributed by atoms with Gasteiger partial charge in [0.15, 0.2) is 22.9 Å². The number of rotatable bonds is 5.